The molecule has 5 rings (SSSR count). The Kier molecular flexibility index (Phi) is 4.39. The summed E-state index contributed by atoms with van der Waals surface area (Å²) in [6, 6.07) is 8.49. The number of anilines is 1. The number of ether oxygens (including phenoxy) is 1. The summed E-state index contributed by atoms with van der Waals surface area (Å²) in [4.78, 5) is 34.5. The summed E-state index contributed by atoms with van der Waals surface area (Å²) < 4.78 is 12.5. The lowest BCUT2D eigenvalue weighted by atomic mass is 10.2. The van der Waals surface area contributed by atoms with Gasteiger partial charge in [0.15, 0.2) is 5.82 Å². The van der Waals surface area contributed by atoms with Crippen LogP contribution in [0, 0.1) is 6.92 Å². The fourth-order valence-corrected chi connectivity index (χ4v) is 3.53. The van der Waals surface area contributed by atoms with Gasteiger partial charge in [0, 0.05) is 24.6 Å². The molecular formula is C21H18N6O4. The highest BCUT2D eigenvalue weighted by molar-refractivity contribution is 5.98. The first kappa shape index (κ1) is 18.8. The van der Waals surface area contributed by atoms with E-state index in [1.54, 1.807) is 36.2 Å². The minimum atomic E-state index is -0.352. The molecule has 156 valence electrons. The number of hydrogen-bond donors (Lipinski definition) is 1. The topological polar surface area (TPSA) is 115 Å². The maximum atomic E-state index is 12.6. The van der Waals surface area contributed by atoms with Crippen molar-refractivity contribution in [3.8, 4) is 11.6 Å². The number of fused-ring (bicyclic) bond motifs is 2. The molecule has 2 amide bonds. The molecule has 0 bridgehead atoms. The molecule has 4 aromatic rings. The van der Waals surface area contributed by atoms with Gasteiger partial charge in [0.05, 0.1) is 29.9 Å². The molecule has 0 saturated heterocycles. The van der Waals surface area contributed by atoms with Gasteiger partial charge in [0.1, 0.15) is 17.8 Å². The van der Waals surface area contributed by atoms with Crippen LogP contribution >= 0.6 is 0 Å². The van der Waals surface area contributed by atoms with Gasteiger partial charge in [0.25, 0.3) is 0 Å². The van der Waals surface area contributed by atoms with Gasteiger partial charge < -0.3 is 14.2 Å². The number of nitrogens with one attached hydrogen (secondary N) is 1. The number of carbonyl (C=O) groups is 2. The first-order valence-electron chi connectivity index (χ1n) is 9.60. The predicted octanol–water partition coefficient (Wildman–Crippen LogP) is 3.46. The summed E-state index contributed by atoms with van der Waals surface area (Å²) >= 11 is 0. The van der Waals surface area contributed by atoms with Gasteiger partial charge in [-0.05, 0) is 31.2 Å². The molecule has 1 aliphatic rings. The zero-order chi connectivity index (χ0) is 21.5. The molecule has 1 aromatic carbocycles. The Balaban J connectivity index is 1.38. The second kappa shape index (κ2) is 7.24. The van der Waals surface area contributed by atoms with E-state index in [9.17, 15) is 9.59 Å². The summed E-state index contributed by atoms with van der Waals surface area (Å²) in [5.74, 6) is 1.93. The van der Waals surface area contributed by atoms with Crippen LogP contribution in [-0.4, -0.2) is 36.5 Å². The van der Waals surface area contributed by atoms with E-state index in [2.05, 4.69) is 20.4 Å². The van der Waals surface area contributed by atoms with Crippen molar-refractivity contribution in [2.24, 2.45) is 0 Å². The monoisotopic (exact) mass is 418 g/mol. The first-order valence-corrected chi connectivity index (χ1v) is 9.60. The largest absolute Gasteiger partial charge is 0.439 e. The lowest BCUT2D eigenvalue weighted by molar-refractivity contribution is -0.129. The molecule has 1 N–H and O–H groups in total. The van der Waals surface area contributed by atoms with Crippen LogP contribution in [0.1, 0.15) is 23.9 Å². The highest BCUT2D eigenvalue weighted by atomic mass is 16.5. The van der Waals surface area contributed by atoms with Crippen LogP contribution in [-0.2, 0) is 17.9 Å². The average Bonchev–Trinajstić information content (AvgIpc) is 3.46. The fourth-order valence-electron chi connectivity index (χ4n) is 3.53. The van der Waals surface area contributed by atoms with Crippen LogP contribution < -0.4 is 10.1 Å². The van der Waals surface area contributed by atoms with Crippen LogP contribution in [0.2, 0.25) is 0 Å². The minimum absolute atomic E-state index is 0.0224. The van der Waals surface area contributed by atoms with Gasteiger partial charge in [0.2, 0.25) is 11.8 Å². The summed E-state index contributed by atoms with van der Waals surface area (Å²) in [5, 5.41) is 7.29. The number of aryl methyl sites for hydroxylation is 1. The molecule has 0 saturated carbocycles. The molecule has 0 fully saturated rings. The molecular weight excluding hydrogens is 400 g/mol. The van der Waals surface area contributed by atoms with E-state index in [0.29, 0.717) is 41.8 Å². The Morgan fingerprint density at radius 3 is 2.81 bits per heavy atom. The molecule has 4 heterocycles. The van der Waals surface area contributed by atoms with Crippen LogP contribution in [0.3, 0.4) is 0 Å². The number of aromatic nitrogens is 4. The van der Waals surface area contributed by atoms with Crippen molar-refractivity contribution in [3.05, 3.63) is 59.9 Å². The van der Waals surface area contributed by atoms with Crippen molar-refractivity contribution in [2.75, 3.05) is 5.32 Å². The average molecular weight is 418 g/mol. The number of amides is 2. The zero-order valence-corrected chi connectivity index (χ0v) is 16.8. The van der Waals surface area contributed by atoms with Crippen LogP contribution in [0.5, 0.6) is 11.6 Å². The first-order chi connectivity index (χ1) is 15.0. The quantitative estimate of drug-likeness (QED) is 0.542. The Labute approximate surface area is 176 Å². The maximum Gasteiger partial charge on any atom is 0.331 e. The number of hydrogen-bond acceptors (Lipinski definition) is 7. The normalized spacial score (nSPS) is 12.8. The lowest BCUT2D eigenvalue weighted by Gasteiger charge is -2.11. The minimum Gasteiger partial charge on any atom is -0.439 e. The number of rotatable bonds is 3. The van der Waals surface area contributed by atoms with Gasteiger partial charge in [-0.3, -0.25) is 14.7 Å². The molecule has 10 nitrogen and oxygen atoms in total. The third-order valence-corrected chi connectivity index (χ3v) is 5.09. The Hall–Kier alpha value is -4.21. The van der Waals surface area contributed by atoms with Crippen molar-refractivity contribution in [2.45, 2.75) is 26.9 Å². The molecule has 0 atom stereocenters. The number of benzene rings is 1. The highest BCUT2D eigenvalue weighted by Gasteiger charge is 2.26. The van der Waals surface area contributed by atoms with E-state index in [1.807, 2.05) is 12.1 Å². The number of nitrogens with zero attached hydrogens (tertiary/aromatic N) is 5. The van der Waals surface area contributed by atoms with Crippen molar-refractivity contribution in [3.63, 3.8) is 0 Å². The van der Waals surface area contributed by atoms with E-state index in [0.717, 1.165) is 16.6 Å². The Morgan fingerprint density at radius 2 is 2.03 bits per heavy atom. The summed E-state index contributed by atoms with van der Waals surface area (Å²) in [5.41, 5.74) is 2.30. The van der Waals surface area contributed by atoms with Crippen molar-refractivity contribution in [1.82, 2.24) is 24.6 Å². The predicted molar refractivity (Wildman–Crippen MR) is 110 cm³/mol. The van der Waals surface area contributed by atoms with Gasteiger partial charge in [-0.1, -0.05) is 5.16 Å². The fraction of sp³-hybridized carbons (Fsp3) is 0.190. The van der Waals surface area contributed by atoms with Gasteiger partial charge >= 0.3 is 6.03 Å². The smallest absolute Gasteiger partial charge is 0.331 e. The third kappa shape index (κ3) is 3.48. The molecule has 0 aliphatic carbocycles. The molecule has 0 spiro atoms. The van der Waals surface area contributed by atoms with Crippen LogP contribution in [0.4, 0.5) is 10.6 Å². The van der Waals surface area contributed by atoms with E-state index >= 15 is 0 Å². The second-order valence-corrected chi connectivity index (χ2v) is 7.24. The molecule has 10 heteroatoms. The standard InChI is InChI=1S/C21H18N6O4/c1-12-7-19(25-31-12)24-21(29)27-6-5-14-8-15(3-4-18(14)27)30-20-16-9-26(13(2)28)10-17(16)22-11-23-20/h3-8,11H,9-10H2,1-2H3,(H,24,25,29). The lowest BCUT2D eigenvalue weighted by Crippen LogP contribution is -2.21. The summed E-state index contributed by atoms with van der Waals surface area (Å²) in [6.07, 6.45) is 3.10. The Morgan fingerprint density at radius 1 is 1.16 bits per heavy atom. The molecule has 1 aliphatic heterocycles. The molecule has 31 heavy (non-hydrogen) atoms. The van der Waals surface area contributed by atoms with Gasteiger partial charge in [-0.15, -0.1) is 0 Å². The summed E-state index contributed by atoms with van der Waals surface area (Å²) in [7, 11) is 0. The van der Waals surface area contributed by atoms with Crippen molar-refractivity contribution < 1.29 is 18.8 Å². The SMILES string of the molecule is CC(=O)N1Cc2ncnc(Oc3ccc4c(ccn4C(=O)Nc4cc(C)on4)c3)c2C1. The molecule has 0 radical (unpaired) electrons. The van der Waals surface area contributed by atoms with E-state index in [4.69, 9.17) is 9.26 Å². The zero-order valence-electron chi connectivity index (χ0n) is 16.8. The van der Waals surface area contributed by atoms with Crippen LogP contribution in [0.25, 0.3) is 10.9 Å². The Bertz CT molecular complexity index is 1320. The molecule has 0 unspecified atom stereocenters. The van der Waals surface area contributed by atoms with Gasteiger partial charge in [-0.2, -0.15) is 0 Å². The number of carbonyl (C=O) groups excluding carboxylic acids is 2. The summed E-state index contributed by atoms with van der Waals surface area (Å²) in [6.45, 7) is 4.14. The third-order valence-electron chi connectivity index (χ3n) is 5.09. The van der Waals surface area contributed by atoms with Crippen LogP contribution in [0.15, 0.2) is 47.4 Å². The van der Waals surface area contributed by atoms with Crippen molar-refractivity contribution >= 4 is 28.7 Å². The second-order valence-electron chi connectivity index (χ2n) is 7.24. The maximum absolute atomic E-state index is 12.6. The highest BCUT2D eigenvalue weighted by Crippen LogP contribution is 2.32. The van der Waals surface area contributed by atoms with Gasteiger partial charge in [-0.25, -0.2) is 14.8 Å². The molecule has 3 aromatic heterocycles. The van der Waals surface area contributed by atoms with E-state index in [-0.39, 0.29) is 11.9 Å². The van der Waals surface area contributed by atoms with E-state index in [1.165, 1.54) is 17.8 Å². The van der Waals surface area contributed by atoms with E-state index < -0.39 is 0 Å². The van der Waals surface area contributed by atoms with Crippen molar-refractivity contribution in [1.29, 1.82) is 0 Å².